The van der Waals surface area contributed by atoms with Gasteiger partial charge in [0, 0.05) is 7.11 Å². The zero-order chi connectivity index (χ0) is 14.1. The first-order valence-corrected chi connectivity index (χ1v) is 5.96. The summed E-state index contributed by atoms with van der Waals surface area (Å²) in [7, 11) is -3.90. The highest BCUT2D eigenvalue weighted by Crippen LogP contribution is 2.25. The topological polar surface area (TPSA) is 160 Å². The zero-order valence-electron chi connectivity index (χ0n) is 9.03. The number of aliphatic hydroxyl groups is 2. The van der Waals surface area contributed by atoms with Crippen molar-refractivity contribution in [1.82, 2.24) is 0 Å². The van der Waals surface area contributed by atoms with Crippen molar-refractivity contribution < 1.29 is 46.7 Å². The van der Waals surface area contributed by atoms with Crippen LogP contribution in [-0.4, -0.2) is 72.1 Å². The quantitative estimate of drug-likeness (QED) is 0.402. The molecule has 1 fully saturated rings. The Bertz CT molecular complexity index is 402. The van der Waals surface area contributed by atoms with Crippen molar-refractivity contribution in [2.24, 2.45) is 0 Å². The Morgan fingerprint density at radius 3 is 2.22 bits per heavy atom. The minimum atomic E-state index is -4.94. The average Bonchev–Trinajstić information content (AvgIpc) is 2.23. The third-order valence-corrected chi connectivity index (χ3v) is 2.72. The van der Waals surface area contributed by atoms with Crippen LogP contribution in [-0.2, 0) is 28.9 Å². The molecule has 3 unspecified atom stereocenters. The Hall–Kier alpha value is -0.820. The lowest BCUT2D eigenvalue weighted by atomic mass is 9.99. The average molecular weight is 288 g/mol. The summed E-state index contributed by atoms with van der Waals surface area (Å²) in [6.07, 6.45) is -9.08. The predicted octanol–water partition coefficient (Wildman–Crippen LogP) is -2.65. The number of carbonyl (C=O) groups is 1. The highest BCUT2D eigenvalue weighted by Gasteiger charge is 2.50. The van der Waals surface area contributed by atoms with Gasteiger partial charge in [0.15, 0.2) is 18.5 Å². The molecule has 1 rings (SSSR count). The normalized spacial score (nSPS) is 37.4. The third kappa shape index (κ3) is 3.35. The van der Waals surface area contributed by atoms with Crippen LogP contribution < -0.4 is 0 Å². The molecule has 1 heterocycles. The Morgan fingerprint density at radius 2 is 1.83 bits per heavy atom. The van der Waals surface area contributed by atoms with Gasteiger partial charge in [-0.25, -0.2) is 8.98 Å². The van der Waals surface area contributed by atoms with Gasteiger partial charge in [0.05, 0.1) is 0 Å². The van der Waals surface area contributed by atoms with Gasteiger partial charge in [0.2, 0.25) is 0 Å². The molecule has 10 nitrogen and oxygen atoms in total. The molecule has 0 bridgehead atoms. The number of methoxy groups -OCH3 is 1. The van der Waals surface area contributed by atoms with Gasteiger partial charge in [-0.1, -0.05) is 0 Å². The van der Waals surface area contributed by atoms with Crippen molar-refractivity contribution in [3.05, 3.63) is 0 Å². The fourth-order valence-electron chi connectivity index (χ4n) is 1.47. The van der Waals surface area contributed by atoms with E-state index in [1.165, 1.54) is 0 Å². The van der Waals surface area contributed by atoms with E-state index in [9.17, 15) is 23.4 Å². The lowest BCUT2D eigenvalue weighted by Crippen LogP contribution is -2.61. The van der Waals surface area contributed by atoms with E-state index in [1.54, 1.807) is 0 Å². The molecule has 0 radical (unpaired) electrons. The van der Waals surface area contributed by atoms with Crippen molar-refractivity contribution >= 4 is 16.4 Å². The number of hydrogen-bond acceptors (Lipinski definition) is 8. The number of hydrogen-bond donors (Lipinski definition) is 4. The van der Waals surface area contributed by atoms with Gasteiger partial charge in [0.25, 0.3) is 0 Å². The van der Waals surface area contributed by atoms with Crippen molar-refractivity contribution in [3.8, 4) is 0 Å². The molecule has 18 heavy (non-hydrogen) atoms. The molecule has 0 aromatic carbocycles. The first-order chi connectivity index (χ1) is 8.17. The summed E-state index contributed by atoms with van der Waals surface area (Å²) in [5.41, 5.74) is 0. The molecular formula is C7H12O10S. The maximum Gasteiger partial charge on any atom is 0.397 e. The molecule has 11 heteroatoms. The van der Waals surface area contributed by atoms with Crippen LogP contribution in [0, 0.1) is 0 Å². The van der Waals surface area contributed by atoms with E-state index in [0.717, 1.165) is 7.11 Å². The van der Waals surface area contributed by atoms with E-state index in [1.807, 2.05) is 0 Å². The summed E-state index contributed by atoms with van der Waals surface area (Å²) in [6, 6.07) is 0. The van der Waals surface area contributed by atoms with Gasteiger partial charge in [-0.2, -0.15) is 8.42 Å². The minimum Gasteiger partial charge on any atom is -0.479 e. The van der Waals surface area contributed by atoms with E-state index in [0.29, 0.717) is 0 Å². The molecule has 0 aliphatic carbocycles. The molecule has 0 spiro atoms. The molecule has 0 aromatic heterocycles. The lowest BCUT2D eigenvalue weighted by molar-refractivity contribution is -0.281. The van der Waals surface area contributed by atoms with Crippen LogP contribution in [0.3, 0.4) is 0 Å². The van der Waals surface area contributed by atoms with Gasteiger partial charge in [-0.15, -0.1) is 0 Å². The van der Waals surface area contributed by atoms with Gasteiger partial charge in [-0.3, -0.25) is 4.55 Å². The molecule has 1 aliphatic heterocycles. The maximum absolute atomic E-state index is 10.7. The zero-order valence-corrected chi connectivity index (χ0v) is 9.85. The Balaban J connectivity index is 2.95. The summed E-state index contributed by atoms with van der Waals surface area (Å²) in [4.78, 5) is 10.7. The Morgan fingerprint density at radius 1 is 1.28 bits per heavy atom. The summed E-state index contributed by atoms with van der Waals surface area (Å²) >= 11 is 0. The van der Waals surface area contributed by atoms with Crippen LogP contribution in [0.5, 0.6) is 0 Å². The van der Waals surface area contributed by atoms with E-state index < -0.39 is 47.1 Å². The summed E-state index contributed by atoms with van der Waals surface area (Å²) in [5, 5.41) is 27.7. The van der Waals surface area contributed by atoms with Crippen LogP contribution in [0.4, 0.5) is 0 Å². The minimum absolute atomic E-state index is 1.04. The number of ether oxygens (including phenoxy) is 2. The molecule has 4 N–H and O–H groups in total. The van der Waals surface area contributed by atoms with Crippen LogP contribution in [0.25, 0.3) is 0 Å². The fraction of sp³-hybridized carbons (Fsp3) is 0.857. The highest BCUT2D eigenvalue weighted by molar-refractivity contribution is 7.80. The lowest BCUT2D eigenvalue weighted by Gasteiger charge is -2.39. The van der Waals surface area contributed by atoms with Crippen LogP contribution in [0.2, 0.25) is 0 Å². The summed E-state index contributed by atoms with van der Waals surface area (Å²) in [5.74, 6) is -1.58. The SMILES string of the molecule is COC1OC(C(=O)O)[C@@H](O)[C@H](O)C1OS(=O)(=O)O. The largest absolute Gasteiger partial charge is 0.479 e. The summed E-state index contributed by atoms with van der Waals surface area (Å²) in [6.45, 7) is 0. The van der Waals surface area contributed by atoms with Gasteiger partial charge in [-0.05, 0) is 0 Å². The Labute approximate surface area is 102 Å². The fourth-order valence-corrected chi connectivity index (χ4v) is 1.96. The molecular weight excluding hydrogens is 276 g/mol. The Kier molecular flexibility index (Phi) is 4.61. The van der Waals surface area contributed by atoms with Crippen molar-refractivity contribution in [3.63, 3.8) is 0 Å². The smallest absolute Gasteiger partial charge is 0.397 e. The molecule has 1 saturated heterocycles. The van der Waals surface area contributed by atoms with E-state index >= 15 is 0 Å². The van der Waals surface area contributed by atoms with Gasteiger partial charge in [0.1, 0.15) is 12.2 Å². The second-order valence-electron chi connectivity index (χ2n) is 3.47. The molecule has 5 atom stereocenters. The van der Waals surface area contributed by atoms with Gasteiger partial charge >= 0.3 is 16.4 Å². The molecule has 1 aliphatic rings. The van der Waals surface area contributed by atoms with Crippen LogP contribution in [0.15, 0.2) is 0 Å². The molecule has 0 aromatic rings. The third-order valence-electron chi connectivity index (χ3n) is 2.25. The summed E-state index contributed by atoms with van der Waals surface area (Å²) < 4.78 is 42.9. The molecule has 106 valence electrons. The second kappa shape index (κ2) is 5.44. The van der Waals surface area contributed by atoms with Gasteiger partial charge < -0.3 is 24.8 Å². The maximum atomic E-state index is 10.7. The molecule has 0 amide bonds. The number of carboxylic acids is 1. The van der Waals surface area contributed by atoms with E-state index in [2.05, 4.69) is 8.92 Å². The van der Waals surface area contributed by atoms with Crippen LogP contribution >= 0.6 is 0 Å². The van der Waals surface area contributed by atoms with Crippen molar-refractivity contribution in [1.29, 1.82) is 0 Å². The van der Waals surface area contributed by atoms with Crippen LogP contribution in [0.1, 0.15) is 0 Å². The second-order valence-corrected chi connectivity index (χ2v) is 4.52. The number of aliphatic hydroxyl groups excluding tert-OH is 2. The number of carboxylic acid groups (broad SMARTS) is 1. The van der Waals surface area contributed by atoms with E-state index in [-0.39, 0.29) is 0 Å². The predicted molar refractivity (Wildman–Crippen MR) is 51.7 cm³/mol. The highest BCUT2D eigenvalue weighted by atomic mass is 32.3. The first-order valence-electron chi connectivity index (χ1n) is 4.60. The van der Waals surface area contributed by atoms with Crippen molar-refractivity contribution in [2.45, 2.75) is 30.7 Å². The monoisotopic (exact) mass is 288 g/mol. The number of aliphatic carboxylic acids is 1. The van der Waals surface area contributed by atoms with Crippen molar-refractivity contribution in [2.75, 3.05) is 7.11 Å². The molecule has 0 saturated carbocycles. The number of rotatable bonds is 4. The van der Waals surface area contributed by atoms with E-state index in [4.69, 9.17) is 14.4 Å². The first kappa shape index (κ1) is 15.2. The standard InChI is InChI=1S/C7H12O10S/c1-15-7-5(17-18(12,13)14)3(9)2(8)4(16-7)6(10)11/h2-5,7-9H,1H3,(H,10,11)(H,12,13,14)/t2-,3-,4?,5?,7?/m0/s1.